The van der Waals surface area contributed by atoms with E-state index in [0.717, 1.165) is 13.1 Å². The molecule has 0 aromatic rings. The molecule has 0 aromatic heterocycles. The van der Waals surface area contributed by atoms with Gasteiger partial charge in [-0.15, -0.1) is 13.2 Å². The molecule has 0 fully saturated rings. The van der Waals surface area contributed by atoms with Crippen LogP contribution in [0.15, 0.2) is 25.3 Å². The summed E-state index contributed by atoms with van der Waals surface area (Å²) in [4.78, 5) is 1.98. The Morgan fingerprint density at radius 1 is 1.30 bits per heavy atom. The van der Waals surface area contributed by atoms with E-state index in [9.17, 15) is 4.57 Å². The summed E-state index contributed by atoms with van der Waals surface area (Å²) in [6, 6.07) is 0. The van der Waals surface area contributed by atoms with Crippen LogP contribution in [-0.2, 0) is 4.57 Å². The van der Waals surface area contributed by atoms with Crippen LogP contribution in [0.1, 0.15) is 0 Å². The molecule has 10 heavy (non-hydrogen) atoms. The standard InChI is InChI=1S/C7H12NOP/c1-3-5-8(6-4-2)7-10-9/h3-4H,1-2,5-7H2. The predicted molar refractivity (Wildman–Crippen MR) is 44.4 cm³/mol. The lowest BCUT2D eigenvalue weighted by molar-refractivity contribution is 0.390. The molecule has 56 valence electrons. The van der Waals surface area contributed by atoms with Gasteiger partial charge in [0.05, 0.1) is 6.29 Å². The minimum absolute atomic E-state index is 0.154. The molecule has 0 aromatic carbocycles. The molecule has 2 nitrogen and oxygen atoms in total. The van der Waals surface area contributed by atoms with Crippen LogP contribution in [0.5, 0.6) is 0 Å². The summed E-state index contributed by atoms with van der Waals surface area (Å²) in [5.74, 6) is 0. The van der Waals surface area contributed by atoms with Crippen molar-refractivity contribution in [2.24, 2.45) is 0 Å². The smallest absolute Gasteiger partial charge is 0.170 e. The fourth-order valence-corrected chi connectivity index (χ4v) is 1.03. The average Bonchev–Trinajstić information content (AvgIpc) is 1.90. The van der Waals surface area contributed by atoms with Crippen molar-refractivity contribution in [1.29, 1.82) is 0 Å². The largest absolute Gasteiger partial charge is 0.285 e. The molecular formula is C7H12NOP. The molecule has 0 bridgehead atoms. The van der Waals surface area contributed by atoms with Crippen molar-refractivity contribution < 1.29 is 4.57 Å². The molecule has 0 aliphatic rings. The van der Waals surface area contributed by atoms with E-state index in [4.69, 9.17) is 0 Å². The molecule has 0 radical (unpaired) electrons. The summed E-state index contributed by atoms with van der Waals surface area (Å²) in [6.45, 7) is 8.70. The van der Waals surface area contributed by atoms with E-state index in [1.54, 1.807) is 12.2 Å². The van der Waals surface area contributed by atoms with Gasteiger partial charge in [0.25, 0.3) is 0 Å². The van der Waals surface area contributed by atoms with Crippen molar-refractivity contribution in [3.63, 3.8) is 0 Å². The lowest BCUT2D eigenvalue weighted by Gasteiger charge is -2.13. The van der Waals surface area contributed by atoms with E-state index in [-0.39, 0.29) is 8.46 Å². The van der Waals surface area contributed by atoms with E-state index < -0.39 is 0 Å². The number of rotatable bonds is 6. The Kier molecular flexibility index (Phi) is 6.35. The molecule has 0 spiro atoms. The topological polar surface area (TPSA) is 20.3 Å². The summed E-state index contributed by atoms with van der Waals surface area (Å²) in [6.07, 6.45) is 4.13. The van der Waals surface area contributed by atoms with Crippen molar-refractivity contribution in [3.05, 3.63) is 25.3 Å². The molecule has 0 saturated carbocycles. The Morgan fingerprint density at radius 3 is 2.10 bits per heavy atom. The van der Waals surface area contributed by atoms with E-state index in [0.29, 0.717) is 6.29 Å². The first-order valence-corrected chi connectivity index (χ1v) is 4.08. The van der Waals surface area contributed by atoms with Gasteiger partial charge in [0.2, 0.25) is 0 Å². The highest BCUT2D eigenvalue weighted by Crippen LogP contribution is 1.97. The third-order valence-corrected chi connectivity index (χ3v) is 1.55. The Balaban J connectivity index is 3.58. The lowest BCUT2D eigenvalue weighted by Crippen LogP contribution is -2.21. The number of hydrogen-bond donors (Lipinski definition) is 0. The summed E-state index contributed by atoms with van der Waals surface area (Å²) in [5.41, 5.74) is 0. The average molecular weight is 157 g/mol. The van der Waals surface area contributed by atoms with Gasteiger partial charge in [0.1, 0.15) is 0 Å². The summed E-state index contributed by atoms with van der Waals surface area (Å²) < 4.78 is 10.2. The first kappa shape index (κ1) is 9.54. The molecule has 0 N–H and O–H groups in total. The van der Waals surface area contributed by atoms with Gasteiger partial charge in [-0.1, -0.05) is 12.2 Å². The van der Waals surface area contributed by atoms with Gasteiger partial charge in [-0.2, -0.15) is 0 Å². The van der Waals surface area contributed by atoms with E-state index in [1.807, 2.05) is 4.90 Å². The third kappa shape index (κ3) is 4.42. The van der Waals surface area contributed by atoms with Crippen LogP contribution in [0.2, 0.25) is 0 Å². The molecule has 0 heterocycles. The lowest BCUT2D eigenvalue weighted by atomic mass is 10.5. The van der Waals surface area contributed by atoms with Crippen molar-refractivity contribution in [3.8, 4) is 0 Å². The Labute approximate surface area is 63.4 Å². The van der Waals surface area contributed by atoms with E-state index in [2.05, 4.69) is 13.2 Å². The normalized spacial score (nSPS) is 10.1. The number of nitrogens with zero attached hydrogens (tertiary/aromatic N) is 1. The molecule has 0 saturated heterocycles. The van der Waals surface area contributed by atoms with Crippen LogP contribution in [0.4, 0.5) is 0 Å². The minimum Gasteiger partial charge on any atom is -0.285 e. The fraction of sp³-hybridized carbons (Fsp3) is 0.429. The zero-order valence-corrected chi connectivity index (χ0v) is 6.89. The van der Waals surface area contributed by atoms with Crippen LogP contribution in [0, 0.1) is 0 Å². The van der Waals surface area contributed by atoms with E-state index in [1.165, 1.54) is 0 Å². The first-order chi connectivity index (χ1) is 4.85. The Morgan fingerprint density at radius 2 is 1.80 bits per heavy atom. The Bertz CT molecular complexity index is 101. The van der Waals surface area contributed by atoms with Crippen molar-refractivity contribution in [1.82, 2.24) is 4.90 Å². The highest BCUT2D eigenvalue weighted by Gasteiger charge is 1.97. The van der Waals surface area contributed by atoms with Gasteiger partial charge >= 0.3 is 0 Å². The van der Waals surface area contributed by atoms with Gasteiger partial charge in [-0.05, 0) is 0 Å². The van der Waals surface area contributed by atoms with Crippen LogP contribution in [-0.4, -0.2) is 24.3 Å². The third-order valence-electron chi connectivity index (χ3n) is 1.03. The molecule has 0 aliphatic carbocycles. The summed E-state index contributed by atoms with van der Waals surface area (Å²) in [7, 11) is 0.154. The van der Waals surface area contributed by atoms with Crippen molar-refractivity contribution >= 4 is 8.46 Å². The maximum Gasteiger partial charge on any atom is 0.170 e. The second-order valence-electron chi connectivity index (χ2n) is 1.88. The van der Waals surface area contributed by atoms with Crippen LogP contribution < -0.4 is 0 Å². The van der Waals surface area contributed by atoms with Gasteiger partial charge in [0.15, 0.2) is 8.46 Å². The van der Waals surface area contributed by atoms with Crippen LogP contribution in [0.25, 0.3) is 0 Å². The minimum atomic E-state index is 0.154. The first-order valence-electron chi connectivity index (χ1n) is 3.08. The van der Waals surface area contributed by atoms with Crippen molar-refractivity contribution in [2.45, 2.75) is 0 Å². The quantitative estimate of drug-likeness (QED) is 0.433. The number of hydrogen-bond acceptors (Lipinski definition) is 2. The van der Waals surface area contributed by atoms with Gasteiger partial charge < -0.3 is 0 Å². The van der Waals surface area contributed by atoms with Crippen LogP contribution in [0.3, 0.4) is 0 Å². The fourth-order valence-electron chi connectivity index (χ4n) is 0.637. The van der Waals surface area contributed by atoms with Gasteiger partial charge in [-0.3, -0.25) is 9.46 Å². The molecule has 0 atom stereocenters. The second kappa shape index (κ2) is 6.66. The van der Waals surface area contributed by atoms with Gasteiger partial charge in [-0.25, -0.2) is 0 Å². The monoisotopic (exact) mass is 157 g/mol. The van der Waals surface area contributed by atoms with Crippen molar-refractivity contribution in [2.75, 3.05) is 19.4 Å². The van der Waals surface area contributed by atoms with Gasteiger partial charge in [0, 0.05) is 13.1 Å². The maximum atomic E-state index is 10.2. The zero-order chi connectivity index (χ0) is 7.82. The maximum absolute atomic E-state index is 10.2. The molecule has 0 aliphatic heterocycles. The highest BCUT2D eigenvalue weighted by molar-refractivity contribution is 7.23. The Hall–Kier alpha value is -0.460. The highest BCUT2D eigenvalue weighted by atomic mass is 31.1. The van der Waals surface area contributed by atoms with E-state index >= 15 is 0 Å². The molecule has 0 amide bonds. The summed E-state index contributed by atoms with van der Waals surface area (Å²) >= 11 is 0. The molecule has 0 unspecified atom stereocenters. The second-order valence-corrected chi connectivity index (χ2v) is 2.42. The SMILES string of the molecule is C=CCN(CC=C)CP=O. The van der Waals surface area contributed by atoms with Crippen LogP contribution >= 0.6 is 8.46 Å². The molecule has 0 rings (SSSR count). The molecular weight excluding hydrogens is 145 g/mol. The zero-order valence-electron chi connectivity index (χ0n) is 5.99. The molecule has 3 heteroatoms. The summed E-state index contributed by atoms with van der Waals surface area (Å²) in [5, 5.41) is 0. The predicted octanol–water partition coefficient (Wildman–Crippen LogP) is 1.91.